The van der Waals surface area contributed by atoms with Crippen molar-refractivity contribution in [3.05, 3.63) is 59.3 Å². The number of nitrogens with one attached hydrogen (secondary N) is 1. The molecular weight excluding hydrogens is 526 g/mol. The van der Waals surface area contributed by atoms with E-state index < -0.39 is 34.8 Å². The average molecular weight is 559 g/mol. The van der Waals surface area contributed by atoms with Crippen LogP contribution in [0.3, 0.4) is 0 Å². The number of hydrogen-bond donors (Lipinski definition) is 1. The normalized spacial score (nSPS) is 16.5. The van der Waals surface area contributed by atoms with Gasteiger partial charge in [-0.25, -0.2) is 0 Å². The number of halogens is 6. The van der Waals surface area contributed by atoms with E-state index in [2.05, 4.69) is 25.5 Å². The first kappa shape index (κ1) is 28.8. The molecule has 0 amide bonds. The van der Waals surface area contributed by atoms with Crippen molar-refractivity contribution < 1.29 is 30.9 Å². The zero-order valence-electron chi connectivity index (χ0n) is 21.6. The fourth-order valence-electron chi connectivity index (χ4n) is 5.13. The Morgan fingerprint density at radius 1 is 0.947 bits per heavy atom. The number of hydrogen-bond acceptors (Lipinski definition) is 2. The van der Waals surface area contributed by atoms with E-state index in [1.807, 2.05) is 10.8 Å². The molecule has 0 spiro atoms. The number of rotatable bonds is 7. The first-order chi connectivity index (χ1) is 17.6. The summed E-state index contributed by atoms with van der Waals surface area (Å²) in [5.41, 5.74) is -1.11. The van der Waals surface area contributed by atoms with Crippen molar-refractivity contribution in [2.24, 2.45) is 5.41 Å². The maximum atomic E-state index is 13.8. The molecule has 1 unspecified atom stereocenters. The molecule has 1 fully saturated rings. The minimum absolute atomic E-state index is 0.108. The third kappa shape index (κ3) is 6.69. The van der Waals surface area contributed by atoms with Crippen molar-refractivity contribution in [1.29, 1.82) is 0 Å². The Kier molecular flexibility index (Phi) is 8.17. The Hall–Kier alpha value is -2.17. The zero-order chi connectivity index (χ0) is 27.9. The molecule has 3 aromatic rings. The minimum Gasteiger partial charge on any atom is -0.598 e. The van der Waals surface area contributed by atoms with Gasteiger partial charge in [-0.3, -0.25) is 0 Å². The smallest absolute Gasteiger partial charge is 0.417 e. The van der Waals surface area contributed by atoms with Crippen molar-refractivity contribution in [1.82, 2.24) is 9.29 Å². The summed E-state index contributed by atoms with van der Waals surface area (Å²) >= 11 is -1.11. The molecule has 1 atom stereocenters. The van der Waals surface area contributed by atoms with E-state index in [1.54, 1.807) is 12.1 Å². The summed E-state index contributed by atoms with van der Waals surface area (Å²) in [6.07, 6.45) is -3.12. The molecule has 2 aromatic carbocycles. The Morgan fingerprint density at radius 2 is 1.63 bits per heavy atom. The molecule has 1 saturated carbocycles. The van der Waals surface area contributed by atoms with E-state index >= 15 is 0 Å². The second kappa shape index (κ2) is 10.8. The van der Waals surface area contributed by atoms with Gasteiger partial charge in [0.05, 0.1) is 17.7 Å². The summed E-state index contributed by atoms with van der Waals surface area (Å²) in [6, 6.07) is 6.62. The molecule has 0 bridgehead atoms. The van der Waals surface area contributed by atoms with Gasteiger partial charge in [-0.2, -0.15) is 26.3 Å². The summed E-state index contributed by atoms with van der Waals surface area (Å²) in [5.74, 6) is 0. The molecular formula is C28H32F6N2OS. The van der Waals surface area contributed by atoms with Crippen LogP contribution in [0.1, 0.15) is 63.1 Å². The van der Waals surface area contributed by atoms with Crippen molar-refractivity contribution in [3.63, 3.8) is 0 Å². The third-order valence-corrected chi connectivity index (χ3v) is 8.42. The molecule has 1 N–H and O–H groups in total. The zero-order valence-corrected chi connectivity index (χ0v) is 22.4. The Labute approximate surface area is 221 Å². The highest BCUT2D eigenvalue weighted by molar-refractivity contribution is 7.90. The molecule has 1 aliphatic rings. The lowest BCUT2D eigenvalue weighted by atomic mass is 9.87. The summed E-state index contributed by atoms with van der Waals surface area (Å²) in [4.78, 5) is 0. The lowest BCUT2D eigenvalue weighted by molar-refractivity contribution is -0.142. The van der Waals surface area contributed by atoms with Crippen molar-refractivity contribution in [3.8, 4) is 11.1 Å². The third-order valence-electron chi connectivity index (χ3n) is 6.85. The number of fused-ring (bicyclic) bond motifs is 1. The second-order valence-corrected chi connectivity index (χ2v) is 12.7. The van der Waals surface area contributed by atoms with Gasteiger partial charge in [0, 0.05) is 35.0 Å². The van der Waals surface area contributed by atoms with Crippen LogP contribution in [-0.2, 0) is 36.7 Å². The standard InChI is InChI=1S/C28H32F6N2OS/c1-26(2,3)16-19-17-36(13-12-35-38(37)21-6-4-5-7-21)25-11-8-18(14-23(19)25)22-10-9-20(27(29,30)31)15-24(22)28(32,33)34/h8-11,14-15,17,21,35H,4-7,12-13,16H2,1-3H3. The monoisotopic (exact) mass is 558 g/mol. The fraction of sp³-hybridized carbons (Fsp3) is 0.500. The number of nitrogens with zero attached hydrogens (tertiary/aromatic N) is 1. The van der Waals surface area contributed by atoms with Gasteiger partial charge >= 0.3 is 12.4 Å². The molecule has 38 heavy (non-hydrogen) atoms. The highest BCUT2D eigenvalue weighted by Crippen LogP contribution is 2.42. The van der Waals surface area contributed by atoms with Crippen LogP contribution < -0.4 is 4.72 Å². The number of aromatic nitrogens is 1. The van der Waals surface area contributed by atoms with Gasteiger partial charge in [0.15, 0.2) is 0 Å². The predicted octanol–water partition coefficient (Wildman–Crippen LogP) is 8.13. The summed E-state index contributed by atoms with van der Waals surface area (Å²) < 4.78 is 98.6. The SMILES string of the molecule is CC(C)(C)Cc1cn(CCN[S+]([O-])C2CCCC2)c2ccc(-c3ccc(C(F)(F)F)cc3C(F)(F)F)cc12. The molecule has 4 rings (SSSR count). The van der Waals surface area contributed by atoms with Gasteiger partial charge in [0.2, 0.25) is 0 Å². The van der Waals surface area contributed by atoms with Gasteiger partial charge in [-0.15, -0.1) is 4.72 Å². The van der Waals surface area contributed by atoms with Crippen molar-refractivity contribution in [2.45, 2.75) is 77.0 Å². The Balaban J connectivity index is 1.70. The lowest BCUT2D eigenvalue weighted by Gasteiger charge is -2.18. The molecule has 0 aliphatic heterocycles. The number of benzene rings is 2. The molecule has 0 radical (unpaired) electrons. The van der Waals surface area contributed by atoms with Crippen LogP contribution >= 0.6 is 0 Å². The van der Waals surface area contributed by atoms with Gasteiger partial charge < -0.3 is 9.12 Å². The molecule has 1 aliphatic carbocycles. The molecule has 1 heterocycles. The van der Waals surface area contributed by atoms with Crippen molar-refractivity contribution >= 4 is 22.3 Å². The molecule has 10 heteroatoms. The highest BCUT2D eigenvalue weighted by Gasteiger charge is 2.38. The molecule has 1 aromatic heterocycles. The fourth-order valence-corrected chi connectivity index (χ4v) is 6.42. The first-order valence-electron chi connectivity index (χ1n) is 12.7. The predicted molar refractivity (Wildman–Crippen MR) is 139 cm³/mol. The van der Waals surface area contributed by atoms with Crippen LogP contribution in [0.15, 0.2) is 42.6 Å². The quantitative estimate of drug-likeness (QED) is 0.235. The van der Waals surface area contributed by atoms with Gasteiger partial charge in [0.25, 0.3) is 0 Å². The van der Waals surface area contributed by atoms with Gasteiger partial charge in [-0.1, -0.05) is 32.9 Å². The van der Waals surface area contributed by atoms with E-state index in [9.17, 15) is 30.9 Å². The summed E-state index contributed by atoms with van der Waals surface area (Å²) in [7, 11) is 0. The maximum absolute atomic E-state index is 13.8. The Morgan fingerprint density at radius 3 is 2.24 bits per heavy atom. The summed E-state index contributed by atoms with van der Waals surface area (Å²) in [6.45, 7) is 7.17. The van der Waals surface area contributed by atoms with Gasteiger partial charge in [0.1, 0.15) is 5.25 Å². The highest BCUT2D eigenvalue weighted by atomic mass is 32.2. The summed E-state index contributed by atoms with van der Waals surface area (Å²) in [5, 5.41) is 0.921. The van der Waals surface area contributed by atoms with Gasteiger partial charge in [-0.05, 0) is 78.5 Å². The number of alkyl halides is 6. The van der Waals surface area contributed by atoms with E-state index in [1.165, 1.54) is 6.07 Å². The van der Waals surface area contributed by atoms with Crippen LogP contribution in [0.2, 0.25) is 0 Å². The second-order valence-electron chi connectivity index (χ2n) is 11.2. The average Bonchev–Trinajstić information content (AvgIpc) is 3.45. The first-order valence-corrected chi connectivity index (χ1v) is 13.9. The minimum atomic E-state index is -4.95. The molecule has 208 valence electrons. The van der Waals surface area contributed by atoms with E-state index in [0.717, 1.165) is 48.2 Å². The van der Waals surface area contributed by atoms with Crippen LogP contribution in [-0.4, -0.2) is 20.9 Å². The van der Waals surface area contributed by atoms with Crippen LogP contribution in [0.5, 0.6) is 0 Å². The van der Waals surface area contributed by atoms with E-state index in [0.29, 0.717) is 25.6 Å². The maximum Gasteiger partial charge on any atom is 0.417 e. The lowest BCUT2D eigenvalue weighted by Crippen LogP contribution is -2.34. The van der Waals surface area contributed by atoms with E-state index in [4.69, 9.17) is 0 Å². The topological polar surface area (TPSA) is 40.0 Å². The van der Waals surface area contributed by atoms with Crippen LogP contribution in [0.4, 0.5) is 26.3 Å². The molecule has 0 saturated heterocycles. The van der Waals surface area contributed by atoms with Crippen LogP contribution in [0.25, 0.3) is 22.0 Å². The van der Waals surface area contributed by atoms with Crippen LogP contribution in [0, 0.1) is 5.41 Å². The van der Waals surface area contributed by atoms with E-state index in [-0.39, 0.29) is 27.9 Å². The molecule has 3 nitrogen and oxygen atoms in total. The largest absolute Gasteiger partial charge is 0.598 e. The van der Waals surface area contributed by atoms with Crippen molar-refractivity contribution in [2.75, 3.05) is 6.54 Å². The Bertz CT molecular complexity index is 1270.